The van der Waals surface area contributed by atoms with Gasteiger partial charge in [-0.05, 0) is 25.1 Å². The summed E-state index contributed by atoms with van der Waals surface area (Å²) in [5, 5.41) is 15.9. The second kappa shape index (κ2) is 9.37. The van der Waals surface area contributed by atoms with Crippen LogP contribution in [-0.2, 0) is 10.1 Å². The molecule has 0 unspecified atom stereocenters. The van der Waals surface area contributed by atoms with Crippen molar-refractivity contribution in [1.29, 1.82) is 0 Å². The summed E-state index contributed by atoms with van der Waals surface area (Å²) < 4.78 is 39.9. The number of hydrogen-bond acceptors (Lipinski definition) is 7. The minimum absolute atomic E-state index is 0.0666. The van der Waals surface area contributed by atoms with Crippen molar-refractivity contribution in [2.24, 2.45) is 15.9 Å². The first-order chi connectivity index (χ1) is 13.2. The molecule has 5 N–H and O–H groups in total. The summed E-state index contributed by atoms with van der Waals surface area (Å²) in [4.78, 5) is -0.0666. The van der Waals surface area contributed by atoms with Crippen LogP contribution in [-0.4, -0.2) is 37.1 Å². The summed E-state index contributed by atoms with van der Waals surface area (Å²) in [5.41, 5.74) is 8.36. The summed E-state index contributed by atoms with van der Waals surface area (Å²) in [6, 6.07) is 9.29. The molecular formula is C16H17ClN4O6S. The molecule has 3 rings (SSSR count). The molecule has 2 aromatic carbocycles. The molecule has 0 saturated carbocycles. The summed E-state index contributed by atoms with van der Waals surface area (Å²) in [7, 11) is -4.02. The van der Waals surface area contributed by atoms with E-state index >= 15 is 0 Å². The topological polar surface area (TPSA) is 156 Å². The van der Waals surface area contributed by atoms with E-state index in [4.69, 9.17) is 36.6 Å². The van der Waals surface area contributed by atoms with Gasteiger partial charge in [0.1, 0.15) is 0 Å². The lowest BCUT2D eigenvalue weighted by Crippen LogP contribution is -2.27. The highest BCUT2D eigenvalue weighted by Gasteiger charge is 2.15. The first-order valence-corrected chi connectivity index (χ1v) is 9.42. The number of nitrogens with one attached hydrogen (secondary N) is 1. The zero-order chi connectivity index (χ0) is 20.7. The Morgan fingerprint density at radius 2 is 1.86 bits per heavy atom. The van der Waals surface area contributed by atoms with Crippen molar-refractivity contribution < 1.29 is 27.7 Å². The Hall–Kier alpha value is -2.86. The van der Waals surface area contributed by atoms with Gasteiger partial charge in [-0.3, -0.25) is 9.76 Å². The lowest BCUT2D eigenvalue weighted by atomic mass is 10.2. The number of hydrogen-bond donors (Lipinski definition) is 4. The summed E-state index contributed by atoms with van der Waals surface area (Å²) in [5.74, 6) is 0.957. The molecule has 0 atom stereocenters. The normalized spacial score (nSPS) is 13.2. The third-order valence-corrected chi connectivity index (χ3v) is 4.48. The fourth-order valence-corrected chi connectivity index (χ4v) is 2.60. The molecule has 0 amide bonds. The molecule has 1 aliphatic rings. The molecule has 12 heteroatoms. The molecule has 0 radical (unpaired) electrons. The molecule has 0 saturated heterocycles. The van der Waals surface area contributed by atoms with Crippen molar-refractivity contribution in [3.63, 3.8) is 0 Å². The van der Waals surface area contributed by atoms with E-state index in [2.05, 4.69) is 10.2 Å². The molecule has 0 aliphatic carbocycles. The molecule has 28 heavy (non-hydrogen) atoms. The lowest BCUT2D eigenvalue weighted by molar-refractivity contribution is 0.174. The number of aryl methyl sites for hydroxylation is 1. The molecule has 1 aliphatic heterocycles. The number of ether oxygens (including phenoxy) is 2. The van der Waals surface area contributed by atoms with E-state index < -0.39 is 10.1 Å². The van der Waals surface area contributed by atoms with E-state index in [1.807, 2.05) is 6.92 Å². The standard InChI is InChI=1S/C9H9ClN4O3.C7H8O3S/c10-6-2-8-7(16-4-17-8)1-5(6)3-12-13-9(11)14-15;1-6-2-4-7(5-3-6)11(8,9)10/h1-3,15H,4H2,(H3,11,13,14);2-5H,1H3,(H,8,9,10)/b12-3+;. The van der Waals surface area contributed by atoms with Crippen LogP contribution in [0.1, 0.15) is 11.1 Å². The van der Waals surface area contributed by atoms with Crippen molar-refractivity contribution in [3.8, 4) is 11.5 Å². The van der Waals surface area contributed by atoms with Crippen molar-refractivity contribution in [1.82, 2.24) is 5.48 Å². The van der Waals surface area contributed by atoms with Gasteiger partial charge in [-0.25, -0.2) is 5.48 Å². The highest BCUT2D eigenvalue weighted by atomic mass is 35.5. The Morgan fingerprint density at radius 1 is 1.25 bits per heavy atom. The molecule has 0 bridgehead atoms. The second-order valence-electron chi connectivity index (χ2n) is 5.36. The maximum absolute atomic E-state index is 10.5. The van der Waals surface area contributed by atoms with Crippen LogP contribution < -0.4 is 20.7 Å². The molecule has 0 fully saturated rings. The predicted octanol–water partition coefficient (Wildman–Crippen LogP) is 1.94. The van der Waals surface area contributed by atoms with Gasteiger partial charge in [0.25, 0.3) is 10.1 Å². The molecule has 1 heterocycles. The quantitative estimate of drug-likeness (QED) is 0.250. The average molecular weight is 429 g/mol. The molecular weight excluding hydrogens is 412 g/mol. The van der Waals surface area contributed by atoms with Crippen LogP contribution in [0.2, 0.25) is 5.02 Å². The third kappa shape index (κ3) is 6.09. The minimum Gasteiger partial charge on any atom is -0.454 e. The van der Waals surface area contributed by atoms with Crippen molar-refractivity contribution in [2.45, 2.75) is 11.8 Å². The monoisotopic (exact) mass is 428 g/mol. The van der Waals surface area contributed by atoms with Crippen LogP contribution in [0.15, 0.2) is 51.5 Å². The Bertz CT molecular complexity index is 993. The van der Waals surface area contributed by atoms with Crippen LogP contribution in [0.4, 0.5) is 0 Å². The zero-order valence-corrected chi connectivity index (χ0v) is 16.1. The number of guanidine groups is 1. The largest absolute Gasteiger partial charge is 0.454 e. The first kappa shape index (κ1) is 21.4. The number of halogens is 1. The molecule has 0 spiro atoms. The molecule has 150 valence electrons. The molecule has 10 nitrogen and oxygen atoms in total. The Morgan fingerprint density at radius 3 is 2.43 bits per heavy atom. The molecule has 0 aromatic heterocycles. The van der Waals surface area contributed by atoms with Gasteiger partial charge >= 0.3 is 0 Å². The third-order valence-electron chi connectivity index (χ3n) is 3.29. The van der Waals surface area contributed by atoms with Gasteiger partial charge in [-0.15, -0.1) is 5.10 Å². The number of benzene rings is 2. The van der Waals surface area contributed by atoms with E-state index in [1.54, 1.807) is 29.7 Å². The fraction of sp³-hybridized carbons (Fsp3) is 0.125. The Kier molecular flexibility index (Phi) is 7.18. The van der Waals surface area contributed by atoms with Gasteiger partial charge in [0.05, 0.1) is 16.1 Å². The second-order valence-corrected chi connectivity index (χ2v) is 7.19. The van der Waals surface area contributed by atoms with Gasteiger partial charge in [0, 0.05) is 11.6 Å². The Labute approximate surface area is 166 Å². The Balaban J connectivity index is 0.000000221. The molecule has 2 aromatic rings. The van der Waals surface area contributed by atoms with Gasteiger partial charge < -0.3 is 15.2 Å². The van der Waals surface area contributed by atoms with E-state index in [0.717, 1.165) is 5.56 Å². The summed E-state index contributed by atoms with van der Waals surface area (Å²) >= 11 is 5.99. The van der Waals surface area contributed by atoms with Gasteiger partial charge in [0.15, 0.2) is 11.5 Å². The van der Waals surface area contributed by atoms with Gasteiger partial charge in [0.2, 0.25) is 12.8 Å². The highest BCUT2D eigenvalue weighted by molar-refractivity contribution is 7.85. The fourth-order valence-electron chi connectivity index (χ4n) is 1.92. The van der Waals surface area contributed by atoms with Crippen molar-refractivity contribution in [3.05, 3.63) is 52.5 Å². The van der Waals surface area contributed by atoms with E-state index in [1.165, 1.54) is 18.3 Å². The highest BCUT2D eigenvalue weighted by Crippen LogP contribution is 2.36. The van der Waals surface area contributed by atoms with Crippen molar-refractivity contribution >= 4 is 33.9 Å². The summed E-state index contributed by atoms with van der Waals surface area (Å²) in [6.45, 7) is 2.01. The van der Waals surface area contributed by atoms with Gasteiger partial charge in [-0.2, -0.15) is 13.5 Å². The maximum Gasteiger partial charge on any atom is 0.294 e. The summed E-state index contributed by atoms with van der Waals surface area (Å²) in [6.07, 6.45) is 1.38. The van der Waals surface area contributed by atoms with Crippen LogP contribution in [0, 0.1) is 6.92 Å². The SMILES string of the molecule is Cc1ccc(S(=O)(=O)O)cc1.N/C(=N\N=C\c1cc2c(cc1Cl)OCO2)NO. The zero-order valence-electron chi connectivity index (χ0n) is 14.5. The van der Waals surface area contributed by atoms with Crippen LogP contribution >= 0.6 is 11.6 Å². The van der Waals surface area contributed by atoms with Crippen molar-refractivity contribution in [2.75, 3.05) is 6.79 Å². The van der Waals surface area contributed by atoms with Crippen LogP contribution in [0.5, 0.6) is 11.5 Å². The van der Waals surface area contributed by atoms with E-state index in [0.29, 0.717) is 22.1 Å². The maximum atomic E-state index is 10.5. The number of fused-ring (bicyclic) bond motifs is 1. The van der Waals surface area contributed by atoms with Crippen LogP contribution in [0.25, 0.3) is 0 Å². The smallest absolute Gasteiger partial charge is 0.294 e. The number of hydroxylamine groups is 1. The van der Waals surface area contributed by atoms with E-state index in [9.17, 15) is 8.42 Å². The number of nitrogens with zero attached hydrogens (tertiary/aromatic N) is 2. The number of nitrogens with two attached hydrogens (primary N) is 1. The number of rotatable bonds is 3. The predicted molar refractivity (Wildman–Crippen MR) is 103 cm³/mol. The lowest BCUT2D eigenvalue weighted by Gasteiger charge is -2.00. The average Bonchev–Trinajstić information content (AvgIpc) is 3.09. The first-order valence-electron chi connectivity index (χ1n) is 7.60. The van der Waals surface area contributed by atoms with Crippen LogP contribution in [0.3, 0.4) is 0 Å². The minimum atomic E-state index is -4.02. The van der Waals surface area contributed by atoms with E-state index in [-0.39, 0.29) is 17.6 Å². The van der Waals surface area contributed by atoms with Gasteiger partial charge in [-0.1, -0.05) is 29.3 Å².